The fourth-order valence-electron chi connectivity index (χ4n) is 3.62. The van der Waals surface area contributed by atoms with Gasteiger partial charge >= 0.3 is 0 Å². The second kappa shape index (κ2) is 10.5. The molecule has 0 bridgehead atoms. The van der Waals surface area contributed by atoms with E-state index in [0.29, 0.717) is 22.5 Å². The lowest BCUT2D eigenvalue weighted by atomic mass is 10.2. The molecule has 3 aromatic rings. The largest absolute Gasteiger partial charge is 0.369 e. The van der Waals surface area contributed by atoms with Crippen molar-refractivity contribution < 1.29 is 4.79 Å². The van der Waals surface area contributed by atoms with E-state index >= 15 is 0 Å². The summed E-state index contributed by atoms with van der Waals surface area (Å²) in [6, 6.07) is 13.4. The molecule has 1 saturated heterocycles. The Bertz CT molecular complexity index is 1190. The normalized spacial score (nSPS) is 13.9. The average molecular weight is 478 g/mol. The van der Waals surface area contributed by atoms with Gasteiger partial charge < -0.3 is 25.8 Å². The summed E-state index contributed by atoms with van der Waals surface area (Å²) in [5.74, 6) is 0.811. The van der Waals surface area contributed by atoms with Crippen molar-refractivity contribution >= 4 is 52.0 Å². The zero-order valence-electron chi connectivity index (χ0n) is 19.3. The number of carbonyl (C=O) groups excluding carboxylic acids is 1. The summed E-state index contributed by atoms with van der Waals surface area (Å²) in [4.78, 5) is 25.3. The molecule has 0 unspecified atom stereocenters. The minimum Gasteiger partial charge on any atom is -0.369 e. The van der Waals surface area contributed by atoms with Gasteiger partial charge in [0.15, 0.2) is 0 Å². The molecule has 2 heterocycles. The van der Waals surface area contributed by atoms with Crippen molar-refractivity contribution in [3.8, 4) is 0 Å². The van der Waals surface area contributed by atoms with Gasteiger partial charge in [-0.1, -0.05) is 24.2 Å². The average Bonchev–Trinajstić information content (AvgIpc) is 2.83. The van der Waals surface area contributed by atoms with Gasteiger partial charge in [0.1, 0.15) is 5.82 Å². The molecular formula is C25H28ClN7O. The van der Waals surface area contributed by atoms with Crippen molar-refractivity contribution in [2.45, 2.75) is 6.92 Å². The highest BCUT2D eigenvalue weighted by Crippen LogP contribution is 2.30. The van der Waals surface area contributed by atoms with Gasteiger partial charge in [0.25, 0.3) is 0 Å². The van der Waals surface area contributed by atoms with Crippen LogP contribution < -0.4 is 20.9 Å². The Morgan fingerprint density at radius 2 is 1.85 bits per heavy atom. The van der Waals surface area contributed by atoms with Crippen LogP contribution >= 0.6 is 11.6 Å². The highest BCUT2D eigenvalue weighted by Gasteiger charge is 2.16. The van der Waals surface area contributed by atoms with Crippen molar-refractivity contribution in [2.24, 2.45) is 0 Å². The summed E-state index contributed by atoms with van der Waals surface area (Å²) in [6.07, 6.45) is 2.98. The molecule has 1 aliphatic heterocycles. The number of rotatable bonds is 7. The number of piperazine rings is 1. The third-order valence-electron chi connectivity index (χ3n) is 5.62. The lowest BCUT2D eigenvalue weighted by Gasteiger charge is -2.34. The molecule has 1 aliphatic rings. The number of amides is 1. The first-order valence-electron chi connectivity index (χ1n) is 11.1. The monoisotopic (exact) mass is 477 g/mol. The summed E-state index contributed by atoms with van der Waals surface area (Å²) in [6.45, 7) is 9.43. The third kappa shape index (κ3) is 5.84. The third-order valence-corrected chi connectivity index (χ3v) is 5.93. The van der Waals surface area contributed by atoms with Crippen LogP contribution in [0, 0.1) is 6.92 Å². The number of aryl methyl sites for hydroxylation is 1. The summed E-state index contributed by atoms with van der Waals surface area (Å²) in [7, 11) is 2.14. The molecule has 0 radical (unpaired) electrons. The van der Waals surface area contributed by atoms with E-state index < -0.39 is 0 Å². The van der Waals surface area contributed by atoms with Gasteiger partial charge in [-0.15, -0.1) is 0 Å². The van der Waals surface area contributed by atoms with Gasteiger partial charge in [-0.2, -0.15) is 4.98 Å². The van der Waals surface area contributed by atoms with Gasteiger partial charge in [-0.3, -0.25) is 4.79 Å². The van der Waals surface area contributed by atoms with E-state index in [1.165, 1.54) is 6.08 Å². The molecule has 8 nitrogen and oxygen atoms in total. The molecule has 4 rings (SSSR count). The van der Waals surface area contributed by atoms with E-state index in [0.717, 1.165) is 48.8 Å². The number of hydrogen-bond donors (Lipinski definition) is 3. The lowest BCUT2D eigenvalue weighted by molar-refractivity contribution is -0.111. The summed E-state index contributed by atoms with van der Waals surface area (Å²) < 4.78 is 0. The predicted octanol–water partition coefficient (Wildman–Crippen LogP) is 4.80. The van der Waals surface area contributed by atoms with Crippen molar-refractivity contribution in [2.75, 3.05) is 54.1 Å². The number of benzene rings is 2. The fraction of sp³-hybridized carbons (Fsp3) is 0.240. The van der Waals surface area contributed by atoms with Gasteiger partial charge in [0.2, 0.25) is 11.9 Å². The molecule has 34 heavy (non-hydrogen) atoms. The Morgan fingerprint density at radius 3 is 2.59 bits per heavy atom. The molecule has 0 atom stereocenters. The Morgan fingerprint density at radius 1 is 1.09 bits per heavy atom. The predicted molar refractivity (Wildman–Crippen MR) is 140 cm³/mol. The fourth-order valence-corrected chi connectivity index (χ4v) is 3.84. The van der Waals surface area contributed by atoms with Crippen LogP contribution in [0.3, 0.4) is 0 Å². The Balaban J connectivity index is 1.48. The molecule has 1 amide bonds. The van der Waals surface area contributed by atoms with Gasteiger partial charge in [0, 0.05) is 55.0 Å². The lowest BCUT2D eigenvalue weighted by Crippen LogP contribution is -2.44. The second-order valence-corrected chi connectivity index (χ2v) is 8.61. The standard InChI is InChI=1S/C25H28ClN7O/c1-4-23(34)28-18-6-5-7-19(14-18)29-24-17(2)16-27-25(31-24)30-22-9-8-20(15-21(22)26)33-12-10-32(3)11-13-33/h4-9,14-16H,1,10-13H2,2-3H3,(H,28,34)(H2,27,29,30,31). The topological polar surface area (TPSA) is 85.4 Å². The molecule has 1 aromatic heterocycles. The van der Waals surface area contributed by atoms with Crippen molar-refractivity contribution in [3.63, 3.8) is 0 Å². The molecule has 9 heteroatoms. The van der Waals surface area contributed by atoms with E-state index in [1.807, 2.05) is 37.3 Å². The summed E-state index contributed by atoms with van der Waals surface area (Å²) >= 11 is 6.59. The van der Waals surface area contributed by atoms with Gasteiger partial charge in [0.05, 0.1) is 10.7 Å². The van der Waals surface area contributed by atoms with E-state index in [1.54, 1.807) is 12.3 Å². The quantitative estimate of drug-likeness (QED) is 0.421. The van der Waals surface area contributed by atoms with E-state index in [9.17, 15) is 4.79 Å². The number of nitrogens with zero attached hydrogens (tertiary/aromatic N) is 4. The van der Waals surface area contributed by atoms with E-state index in [-0.39, 0.29) is 5.91 Å². The minimum absolute atomic E-state index is 0.266. The minimum atomic E-state index is -0.266. The molecular weight excluding hydrogens is 450 g/mol. The zero-order valence-corrected chi connectivity index (χ0v) is 20.1. The van der Waals surface area contributed by atoms with Crippen LogP contribution in [0.25, 0.3) is 0 Å². The number of halogens is 1. The summed E-state index contributed by atoms with van der Waals surface area (Å²) in [5, 5.41) is 9.87. The smallest absolute Gasteiger partial charge is 0.247 e. The molecule has 1 fully saturated rings. The number of nitrogens with one attached hydrogen (secondary N) is 3. The molecule has 3 N–H and O–H groups in total. The molecule has 0 aliphatic carbocycles. The van der Waals surface area contributed by atoms with Gasteiger partial charge in [-0.25, -0.2) is 4.98 Å². The highest BCUT2D eigenvalue weighted by atomic mass is 35.5. The Labute approximate surface area is 204 Å². The number of carbonyl (C=O) groups is 1. The van der Waals surface area contributed by atoms with Crippen molar-refractivity contribution in [1.29, 1.82) is 0 Å². The first-order valence-corrected chi connectivity index (χ1v) is 11.4. The van der Waals surface area contributed by atoms with Crippen LogP contribution in [0.1, 0.15) is 5.56 Å². The SMILES string of the molecule is C=CC(=O)Nc1cccc(Nc2nc(Nc3ccc(N4CCN(C)CC4)cc3Cl)ncc2C)c1. The maximum absolute atomic E-state index is 11.6. The van der Waals surface area contributed by atoms with Gasteiger partial charge in [-0.05, 0) is 56.4 Å². The van der Waals surface area contributed by atoms with Crippen LogP contribution in [0.15, 0.2) is 61.3 Å². The van der Waals surface area contributed by atoms with Crippen LogP contribution in [-0.2, 0) is 4.79 Å². The maximum atomic E-state index is 11.6. The number of likely N-dealkylation sites (N-methyl/N-ethyl adjacent to an activating group) is 1. The first-order chi connectivity index (χ1) is 16.4. The van der Waals surface area contributed by atoms with E-state index in [4.69, 9.17) is 11.6 Å². The second-order valence-electron chi connectivity index (χ2n) is 8.20. The van der Waals surface area contributed by atoms with Crippen molar-refractivity contribution in [3.05, 3.63) is 71.9 Å². The summed E-state index contributed by atoms with van der Waals surface area (Å²) in [5.41, 5.74) is 4.17. The first kappa shape index (κ1) is 23.5. The maximum Gasteiger partial charge on any atom is 0.247 e. The van der Waals surface area contributed by atoms with Crippen LogP contribution in [0.5, 0.6) is 0 Å². The molecule has 2 aromatic carbocycles. The van der Waals surface area contributed by atoms with Crippen molar-refractivity contribution in [1.82, 2.24) is 14.9 Å². The van der Waals surface area contributed by atoms with Crippen LogP contribution in [0.4, 0.5) is 34.5 Å². The van der Waals surface area contributed by atoms with E-state index in [2.05, 4.69) is 55.4 Å². The van der Waals surface area contributed by atoms with Crippen LogP contribution in [0.2, 0.25) is 5.02 Å². The number of hydrogen-bond acceptors (Lipinski definition) is 7. The zero-order chi connectivity index (χ0) is 24.1. The molecule has 176 valence electrons. The highest BCUT2D eigenvalue weighted by molar-refractivity contribution is 6.33. The Hall–Kier alpha value is -3.62. The number of aromatic nitrogens is 2. The Kier molecular flexibility index (Phi) is 7.30. The molecule has 0 saturated carbocycles. The number of anilines is 6. The van der Waals surface area contributed by atoms with Crippen LogP contribution in [-0.4, -0.2) is 54.0 Å². The molecule has 0 spiro atoms.